The average molecular weight is 229 g/mol. The van der Waals surface area contributed by atoms with Crippen molar-refractivity contribution in [3.05, 3.63) is 0 Å². The van der Waals surface area contributed by atoms with Gasteiger partial charge in [0, 0.05) is 13.0 Å². The van der Waals surface area contributed by atoms with Crippen molar-refractivity contribution in [2.75, 3.05) is 13.2 Å². The molecule has 0 bridgehead atoms. The molecule has 1 aliphatic heterocycles. The fourth-order valence-corrected chi connectivity index (χ4v) is 1.90. The standard InChI is InChI=1S/C12H23NO3/c1-2-10(9-14)13-12(15)7-6-11-5-3-4-8-16-11/h10-11,14H,2-9H2,1H3,(H,13,15)/t10-,11?/m0/s1. The van der Waals surface area contributed by atoms with Crippen molar-refractivity contribution in [3.63, 3.8) is 0 Å². The average Bonchev–Trinajstić information content (AvgIpc) is 2.34. The van der Waals surface area contributed by atoms with Crippen LogP contribution < -0.4 is 5.32 Å². The van der Waals surface area contributed by atoms with Gasteiger partial charge >= 0.3 is 0 Å². The summed E-state index contributed by atoms with van der Waals surface area (Å²) in [5.41, 5.74) is 0. The van der Waals surface area contributed by atoms with Gasteiger partial charge in [0.1, 0.15) is 0 Å². The van der Waals surface area contributed by atoms with Gasteiger partial charge in [0.2, 0.25) is 5.91 Å². The zero-order valence-electron chi connectivity index (χ0n) is 10.1. The highest BCUT2D eigenvalue weighted by Crippen LogP contribution is 2.16. The van der Waals surface area contributed by atoms with Crippen molar-refractivity contribution in [3.8, 4) is 0 Å². The molecule has 0 aromatic carbocycles. The van der Waals surface area contributed by atoms with Crippen molar-refractivity contribution in [1.82, 2.24) is 5.32 Å². The second-order valence-corrected chi connectivity index (χ2v) is 4.38. The number of amides is 1. The summed E-state index contributed by atoms with van der Waals surface area (Å²) in [6.45, 7) is 2.80. The van der Waals surface area contributed by atoms with Gasteiger partial charge in [0.05, 0.1) is 18.8 Å². The van der Waals surface area contributed by atoms with Crippen molar-refractivity contribution in [2.45, 2.75) is 57.6 Å². The van der Waals surface area contributed by atoms with Crippen LogP contribution in [0, 0.1) is 0 Å². The topological polar surface area (TPSA) is 58.6 Å². The highest BCUT2D eigenvalue weighted by molar-refractivity contribution is 5.76. The summed E-state index contributed by atoms with van der Waals surface area (Å²) in [6, 6.07) is -0.0974. The lowest BCUT2D eigenvalue weighted by atomic mass is 10.0. The molecule has 4 nitrogen and oxygen atoms in total. The van der Waals surface area contributed by atoms with E-state index in [0.29, 0.717) is 6.42 Å². The molecule has 1 aliphatic rings. The predicted molar refractivity (Wildman–Crippen MR) is 62.1 cm³/mol. The van der Waals surface area contributed by atoms with E-state index < -0.39 is 0 Å². The number of carbonyl (C=O) groups is 1. The van der Waals surface area contributed by atoms with Crippen LogP contribution in [0.4, 0.5) is 0 Å². The van der Waals surface area contributed by atoms with Gasteiger partial charge in [-0.05, 0) is 32.1 Å². The SMILES string of the molecule is CC[C@@H](CO)NC(=O)CCC1CCCCO1. The molecule has 1 unspecified atom stereocenters. The van der Waals surface area contributed by atoms with Crippen LogP contribution in [0.3, 0.4) is 0 Å². The molecule has 1 saturated heterocycles. The molecule has 4 heteroatoms. The Morgan fingerprint density at radius 2 is 2.38 bits per heavy atom. The van der Waals surface area contributed by atoms with Crippen LogP contribution in [-0.4, -0.2) is 36.4 Å². The van der Waals surface area contributed by atoms with E-state index in [1.54, 1.807) is 0 Å². The summed E-state index contributed by atoms with van der Waals surface area (Å²) in [6.07, 6.45) is 5.75. The van der Waals surface area contributed by atoms with E-state index in [1.165, 1.54) is 6.42 Å². The molecule has 1 fully saturated rings. The molecule has 0 aromatic rings. The molecule has 0 radical (unpaired) electrons. The van der Waals surface area contributed by atoms with Gasteiger partial charge < -0.3 is 15.2 Å². The van der Waals surface area contributed by atoms with Gasteiger partial charge in [-0.1, -0.05) is 6.92 Å². The Morgan fingerprint density at radius 3 is 2.94 bits per heavy atom. The number of hydrogen-bond acceptors (Lipinski definition) is 3. The first kappa shape index (κ1) is 13.5. The second-order valence-electron chi connectivity index (χ2n) is 4.38. The van der Waals surface area contributed by atoms with Crippen LogP contribution in [0.2, 0.25) is 0 Å². The maximum absolute atomic E-state index is 11.5. The molecule has 0 aromatic heterocycles. The number of aliphatic hydroxyl groups is 1. The van der Waals surface area contributed by atoms with Crippen molar-refractivity contribution in [2.24, 2.45) is 0 Å². The van der Waals surface area contributed by atoms with E-state index in [2.05, 4.69) is 5.32 Å². The molecule has 94 valence electrons. The molecule has 0 saturated carbocycles. The Labute approximate surface area is 97.4 Å². The van der Waals surface area contributed by atoms with Crippen molar-refractivity contribution in [1.29, 1.82) is 0 Å². The molecule has 0 aliphatic carbocycles. The van der Waals surface area contributed by atoms with Gasteiger partial charge in [-0.3, -0.25) is 4.79 Å². The van der Waals surface area contributed by atoms with Gasteiger partial charge in [0.15, 0.2) is 0 Å². The molecule has 2 atom stereocenters. The molecular formula is C12H23NO3. The zero-order chi connectivity index (χ0) is 11.8. The fourth-order valence-electron chi connectivity index (χ4n) is 1.90. The molecule has 1 rings (SSSR count). The van der Waals surface area contributed by atoms with Crippen LogP contribution in [0.5, 0.6) is 0 Å². The number of carbonyl (C=O) groups excluding carboxylic acids is 1. The highest BCUT2D eigenvalue weighted by atomic mass is 16.5. The quantitative estimate of drug-likeness (QED) is 0.720. The number of nitrogens with one attached hydrogen (secondary N) is 1. The first-order chi connectivity index (χ1) is 7.76. The molecule has 16 heavy (non-hydrogen) atoms. The zero-order valence-corrected chi connectivity index (χ0v) is 10.1. The smallest absolute Gasteiger partial charge is 0.220 e. The lowest BCUT2D eigenvalue weighted by Gasteiger charge is -2.22. The van der Waals surface area contributed by atoms with E-state index in [1.807, 2.05) is 6.92 Å². The Balaban J connectivity index is 2.13. The molecular weight excluding hydrogens is 206 g/mol. The first-order valence-corrected chi connectivity index (χ1v) is 6.28. The van der Waals surface area contributed by atoms with Crippen LogP contribution in [0.15, 0.2) is 0 Å². The summed E-state index contributed by atoms with van der Waals surface area (Å²) in [4.78, 5) is 11.5. The van der Waals surface area contributed by atoms with Crippen LogP contribution in [0.25, 0.3) is 0 Å². The minimum atomic E-state index is -0.0974. The third-order valence-electron chi connectivity index (χ3n) is 3.05. The molecule has 1 heterocycles. The van der Waals surface area contributed by atoms with E-state index in [4.69, 9.17) is 9.84 Å². The van der Waals surface area contributed by atoms with E-state index in [9.17, 15) is 4.79 Å². The summed E-state index contributed by atoms with van der Waals surface area (Å²) < 4.78 is 5.56. The first-order valence-electron chi connectivity index (χ1n) is 6.28. The van der Waals surface area contributed by atoms with E-state index in [0.717, 1.165) is 32.3 Å². The Hall–Kier alpha value is -0.610. The summed E-state index contributed by atoms with van der Waals surface area (Å²) >= 11 is 0. The van der Waals surface area contributed by atoms with Crippen molar-refractivity contribution >= 4 is 5.91 Å². The Kier molecular flexibility index (Phi) is 6.42. The highest BCUT2D eigenvalue weighted by Gasteiger charge is 2.16. The Morgan fingerprint density at radius 1 is 1.56 bits per heavy atom. The van der Waals surface area contributed by atoms with Crippen LogP contribution in [-0.2, 0) is 9.53 Å². The number of hydrogen-bond donors (Lipinski definition) is 2. The lowest BCUT2D eigenvalue weighted by molar-refractivity contribution is -0.123. The fraction of sp³-hybridized carbons (Fsp3) is 0.917. The van der Waals surface area contributed by atoms with Gasteiger partial charge in [-0.25, -0.2) is 0 Å². The second kappa shape index (κ2) is 7.63. The normalized spacial score (nSPS) is 22.8. The molecule has 1 amide bonds. The van der Waals surface area contributed by atoms with E-state index in [-0.39, 0.29) is 24.7 Å². The predicted octanol–water partition coefficient (Wildman–Crippen LogP) is 1.22. The minimum absolute atomic E-state index is 0.0160. The Bertz CT molecular complexity index is 198. The monoisotopic (exact) mass is 229 g/mol. The molecule has 0 spiro atoms. The van der Waals surface area contributed by atoms with Gasteiger partial charge in [-0.15, -0.1) is 0 Å². The summed E-state index contributed by atoms with van der Waals surface area (Å²) in [5.74, 6) is 0.0232. The maximum Gasteiger partial charge on any atom is 0.220 e. The van der Waals surface area contributed by atoms with Gasteiger partial charge in [-0.2, -0.15) is 0 Å². The lowest BCUT2D eigenvalue weighted by Crippen LogP contribution is -2.37. The number of rotatable bonds is 6. The third kappa shape index (κ3) is 4.94. The van der Waals surface area contributed by atoms with Crippen LogP contribution >= 0.6 is 0 Å². The minimum Gasteiger partial charge on any atom is -0.394 e. The maximum atomic E-state index is 11.5. The van der Waals surface area contributed by atoms with Crippen LogP contribution in [0.1, 0.15) is 45.4 Å². The number of aliphatic hydroxyl groups excluding tert-OH is 1. The largest absolute Gasteiger partial charge is 0.394 e. The summed E-state index contributed by atoms with van der Waals surface area (Å²) in [7, 11) is 0. The van der Waals surface area contributed by atoms with Gasteiger partial charge in [0.25, 0.3) is 0 Å². The third-order valence-corrected chi connectivity index (χ3v) is 3.05. The number of ether oxygens (including phenoxy) is 1. The van der Waals surface area contributed by atoms with Crippen molar-refractivity contribution < 1.29 is 14.6 Å². The van der Waals surface area contributed by atoms with E-state index >= 15 is 0 Å². The summed E-state index contributed by atoms with van der Waals surface area (Å²) in [5, 5.41) is 11.8. The molecule has 2 N–H and O–H groups in total.